The van der Waals surface area contributed by atoms with E-state index in [2.05, 4.69) is 5.32 Å². The Hall–Kier alpha value is -1.29. The predicted octanol–water partition coefficient (Wildman–Crippen LogP) is 2.60. The molecule has 0 amide bonds. The summed E-state index contributed by atoms with van der Waals surface area (Å²) in [5, 5.41) is 13.8. The fourth-order valence-electron chi connectivity index (χ4n) is 1.04. The SMILES string of the molecule is CNc1cc([N+](=O)[O-])cc(C)c1Cl. The van der Waals surface area contributed by atoms with Gasteiger partial charge in [0, 0.05) is 19.2 Å². The molecule has 1 aromatic rings. The van der Waals surface area contributed by atoms with Crippen molar-refractivity contribution in [3.8, 4) is 0 Å². The summed E-state index contributed by atoms with van der Waals surface area (Å²) in [6, 6.07) is 2.86. The van der Waals surface area contributed by atoms with Crippen LogP contribution in [0, 0.1) is 17.0 Å². The molecule has 5 heteroatoms. The van der Waals surface area contributed by atoms with Gasteiger partial charge in [-0.15, -0.1) is 0 Å². The number of hydrogen-bond acceptors (Lipinski definition) is 3. The Kier molecular flexibility index (Phi) is 2.72. The summed E-state index contributed by atoms with van der Waals surface area (Å²) in [5.41, 5.74) is 1.32. The van der Waals surface area contributed by atoms with Gasteiger partial charge in [-0.25, -0.2) is 0 Å². The molecule has 0 fully saturated rings. The van der Waals surface area contributed by atoms with E-state index in [0.717, 1.165) is 0 Å². The summed E-state index contributed by atoms with van der Waals surface area (Å²) in [4.78, 5) is 10.0. The van der Waals surface area contributed by atoms with Gasteiger partial charge in [-0.1, -0.05) is 11.6 Å². The van der Waals surface area contributed by atoms with Gasteiger partial charge < -0.3 is 5.32 Å². The first kappa shape index (κ1) is 9.80. The van der Waals surface area contributed by atoms with Gasteiger partial charge in [0.25, 0.3) is 5.69 Å². The summed E-state index contributed by atoms with van der Waals surface area (Å²) >= 11 is 5.88. The molecule has 70 valence electrons. The lowest BCUT2D eigenvalue weighted by atomic mass is 10.2. The second-order valence-electron chi connectivity index (χ2n) is 2.63. The largest absolute Gasteiger partial charge is 0.387 e. The van der Waals surface area contributed by atoms with E-state index in [4.69, 9.17) is 11.6 Å². The van der Waals surface area contributed by atoms with Gasteiger partial charge in [0.05, 0.1) is 15.6 Å². The highest BCUT2D eigenvalue weighted by Gasteiger charge is 2.11. The minimum absolute atomic E-state index is 0.0475. The van der Waals surface area contributed by atoms with E-state index >= 15 is 0 Å². The van der Waals surface area contributed by atoms with Crippen molar-refractivity contribution in [2.75, 3.05) is 12.4 Å². The zero-order chi connectivity index (χ0) is 10.0. The minimum atomic E-state index is -0.440. The molecule has 0 atom stereocenters. The van der Waals surface area contributed by atoms with Crippen LogP contribution in [0.15, 0.2) is 12.1 Å². The van der Waals surface area contributed by atoms with Gasteiger partial charge in [0.2, 0.25) is 0 Å². The first-order chi connectivity index (χ1) is 6.06. The molecule has 1 rings (SSSR count). The second-order valence-corrected chi connectivity index (χ2v) is 3.01. The molecule has 0 aliphatic heterocycles. The van der Waals surface area contributed by atoms with Gasteiger partial charge in [-0.2, -0.15) is 0 Å². The van der Waals surface area contributed by atoms with Crippen LogP contribution in [0.5, 0.6) is 0 Å². The highest BCUT2D eigenvalue weighted by molar-refractivity contribution is 6.34. The number of nitro benzene ring substituents is 1. The molecule has 0 aliphatic carbocycles. The number of hydrogen-bond donors (Lipinski definition) is 1. The lowest BCUT2D eigenvalue weighted by Gasteiger charge is -2.05. The number of nitro groups is 1. The first-order valence-corrected chi connectivity index (χ1v) is 4.06. The Bertz CT molecular complexity index is 352. The third-order valence-electron chi connectivity index (χ3n) is 1.72. The number of rotatable bonds is 2. The quantitative estimate of drug-likeness (QED) is 0.590. The number of anilines is 1. The third-order valence-corrected chi connectivity index (χ3v) is 2.22. The summed E-state index contributed by atoms with van der Waals surface area (Å²) in [6.45, 7) is 1.73. The molecule has 0 heterocycles. The molecule has 0 unspecified atom stereocenters. The van der Waals surface area contributed by atoms with Crippen LogP contribution in [-0.2, 0) is 0 Å². The van der Waals surface area contributed by atoms with Crippen molar-refractivity contribution in [2.24, 2.45) is 0 Å². The minimum Gasteiger partial charge on any atom is -0.387 e. The van der Waals surface area contributed by atoms with Gasteiger partial charge in [0.1, 0.15) is 0 Å². The van der Waals surface area contributed by atoms with Crippen molar-refractivity contribution >= 4 is 23.0 Å². The summed E-state index contributed by atoms with van der Waals surface area (Å²) in [5.74, 6) is 0. The first-order valence-electron chi connectivity index (χ1n) is 3.68. The van der Waals surface area contributed by atoms with E-state index in [1.807, 2.05) is 0 Å². The zero-order valence-electron chi connectivity index (χ0n) is 7.30. The Balaban J connectivity index is 3.30. The van der Waals surface area contributed by atoms with Crippen molar-refractivity contribution in [1.29, 1.82) is 0 Å². The monoisotopic (exact) mass is 200 g/mol. The fraction of sp³-hybridized carbons (Fsp3) is 0.250. The fourth-order valence-corrected chi connectivity index (χ4v) is 1.24. The second kappa shape index (κ2) is 3.62. The van der Waals surface area contributed by atoms with Crippen LogP contribution in [0.25, 0.3) is 0 Å². The van der Waals surface area contributed by atoms with E-state index < -0.39 is 4.92 Å². The smallest absolute Gasteiger partial charge is 0.271 e. The molecule has 0 aromatic heterocycles. The number of nitrogens with one attached hydrogen (secondary N) is 1. The maximum absolute atomic E-state index is 10.5. The van der Waals surface area contributed by atoms with Crippen LogP contribution >= 0.6 is 11.6 Å². The molecular weight excluding hydrogens is 192 g/mol. The van der Waals surface area contributed by atoms with Gasteiger partial charge in [0.15, 0.2) is 0 Å². The van der Waals surface area contributed by atoms with E-state index in [1.54, 1.807) is 14.0 Å². The summed E-state index contributed by atoms with van der Waals surface area (Å²) < 4.78 is 0. The van der Waals surface area contributed by atoms with Crippen LogP contribution in [0.4, 0.5) is 11.4 Å². The molecule has 0 saturated heterocycles. The number of halogens is 1. The van der Waals surface area contributed by atoms with Crippen LogP contribution < -0.4 is 5.32 Å². The highest BCUT2D eigenvalue weighted by atomic mass is 35.5. The molecular formula is C8H9ClN2O2. The van der Waals surface area contributed by atoms with Crippen LogP contribution in [0.2, 0.25) is 5.02 Å². The average Bonchev–Trinajstić information content (AvgIpc) is 2.09. The van der Waals surface area contributed by atoms with Gasteiger partial charge in [-0.3, -0.25) is 10.1 Å². The van der Waals surface area contributed by atoms with Crippen LogP contribution in [0.1, 0.15) is 5.56 Å². The lowest BCUT2D eigenvalue weighted by molar-refractivity contribution is -0.384. The zero-order valence-corrected chi connectivity index (χ0v) is 8.05. The van der Waals surface area contributed by atoms with E-state index in [9.17, 15) is 10.1 Å². The standard InChI is InChI=1S/C8H9ClN2O2/c1-5-3-6(11(12)13)4-7(10-2)8(5)9/h3-4,10H,1-2H3. The molecule has 0 bridgehead atoms. The lowest BCUT2D eigenvalue weighted by Crippen LogP contribution is -1.95. The molecule has 0 aliphatic rings. The number of nitrogens with zero attached hydrogens (tertiary/aromatic N) is 1. The Morgan fingerprint density at radius 2 is 2.15 bits per heavy atom. The van der Waals surface area contributed by atoms with Gasteiger partial charge >= 0.3 is 0 Å². The predicted molar refractivity (Wildman–Crippen MR) is 52.4 cm³/mol. The third kappa shape index (κ3) is 1.89. The van der Waals surface area contributed by atoms with Crippen molar-refractivity contribution in [3.05, 3.63) is 32.8 Å². The van der Waals surface area contributed by atoms with E-state index in [0.29, 0.717) is 16.3 Å². The Morgan fingerprint density at radius 3 is 2.62 bits per heavy atom. The van der Waals surface area contributed by atoms with Gasteiger partial charge in [-0.05, 0) is 12.5 Å². The van der Waals surface area contributed by atoms with E-state index in [1.165, 1.54) is 12.1 Å². The molecule has 0 spiro atoms. The number of benzene rings is 1. The van der Waals surface area contributed by atoms with E-state index in [-0.39, 0.29) is 5.69 Å². The topological polar surface area (TPSA) is 55.2 Å². The average molecular weight is 201 g/mol. The molecule has 1 aromatic carbocycles. The van der Waals surface area contributed by atoms with Crippen molar-refractivity contribution < 1.29 is 4.92 Å². The molecule has 1 N–H and O–H groups in total. The molecule has 4 nitrogen and oxygen atoms in total. The molecule has 0 saturated carbocycles. The summed E-state index contributed by atoms with van der Waals surface area (Å²) in [7, 11) is 1.67. The van der Waals surface area contributed by atoms with Crippen molar-refractivity contribution in [1.82, 2.24) is 0 Å². The highest BCUT2D eigenvalue weighted by Crippen LogP contribution is 2.29. The van der Waals surface area contributed by atoms with Crippen molar-refractivity contribution in [2.45, 2.75) is 6.92 Å². The normalized spacial score (nSPS) is 9.77. The van der Waals surface area contributed by atoms with Crippen molar-refractivity contribution in [3.63, 3.8) is 0 Å². The molecule has 13 heavy (non-hydrogen) atoms. The molecule has 0 radical (unpaired) electrons. The Labute approximate surface area is 80.7 Å². The number of non-ortho nitro benzene ring substituents is 1. The maximum Gasteiger partial charge on any atom is 0.271 e. The summed E-state index contributed by atoms with van der Waals surface area (Å²) in [6.07, 6.45) is 0. The van der Waals surface area contributed by atoms with Crippen LogP contribution in [-0.4, -0.2) is 12.0 Å². The number of aryl methyl sites for hydroxylation is 1. The maximum atomic E-state index is 10.5. The van der Waals surface area contributed by atoms with Crippen LogP contribution in [0.3, 0.4) is 0 Å². The Morgan fingerprint density at radius 1 is 1.54 bits per heavy atom.